The van der Waals surface area contributed by atoms with Crippen molar-refractivity contribution in [3.05, 3.63) is 71.8 Å². The summed E-state index contributed by atoms with van der Waals surface area (Å²) in [6.07, 6.45) is 0.770. The summed E-state index contributed by atoms with van der Waals surface area (Å²) in [7, 11) is 1.23. The van der Waals surface area contributed by atoms with Gasteiger partial charge in [-0.2, -0.15) is 0 Å². The predicted octanol–water partition coefficient (Wildman–Crippen LogP) is 1.80. The molecule has 1 saturated heterocycles. The second-order valence-electron chi connectivity index (χ2n) is 7.94. The van der Waals surface area contributed by atoms with E-state index in [4.69, 9.17) is 4.74 Å². The van der Waals surface area contributed by atoms with Gasteiger partial charge in [-0.05, 0) is 24.0 Å². The summed E-state index contributed by atoms with van der Waals surface area (Å²) >= 11 is 0. The minimum absolute atomic E-state index is 0.108. The third-order valence-corrected chi connectivity index (χ3v) is 5.55. The zero-order valence-electron chi connectivity index (χ0n) is 19.1. The first-order valence-electron chi connectivity index (χ1n) is 11.1. The fraction of sp³-hybridized carbons (Fsp3) is 0.360. The molecule has 0 bridgehead atoms. The van der Waals surface area contributed by atoms with Crippen LogP contribution < -0.4 is 10.6 Å². The predicted molar refractivity (Wildman–Crippen MR) is 123 cm³/mol. The van der Waals surface area contributed by atoms with Gasteiger partial charge in [0.1, 0.15) is 25.2 Å². The molecule has 1 heterocycles. The molecule has 2 aromatic carbocycles. The van der Waals surface area contributed by atoms with Crippen molar-refractivity contribution < 1.29 is 28.7 Å². The molecule has 1 fully saturated rings. The van der Waals surface area contributed by atoms with Crippen molar-refractivity contribution in [1.29, 1.82) is 0 Å². The van der Waals surface area contributed by atoms with Gasteiger partial charge in [-0.15, -0.1) is 0 Å². The second kappa shape index (κ2) is 12.4. The van der Waals surface area contributed by atoms with Crippen LogP contribution in [0.5, 0.6) is 0 Å². The maximum atomic E-state index is 13.1. The lowest BCUT2D eigenvalue weighted by atomic mass is 10.0. The minimum atomic E-state index is -0.928. The van der Waals surface area contributed by atoms with E-state index in [1.807, 2.05) is 60.7 Å². The third kappa shape index (κ3) is 7.06. The molecule has 34 heavy (non-hydrogen) atoms. The average molecular weight is 468 g/mol. The maximum Gasteiger partial charge on any atom is 0.410 e. The molecule has 0 unspecified atom stereocenters. The topological polar surface area (TPSA) is 114 Å². The number of amides is 3. The summed E-state index contributed by atoms with van der Waals surface area (Å²) in [6, 6.07) is 16.8. The van der Waals surface area contributed by atoms with E-state index >= 15 is 0 Å². The Hall–Kier alpha value is -3.88. The minimum Gasteiger partial charge on any atom is -0.468 e. The first-order chi connectivity index (χ1) is 16.5. The van der Waals surface area contributed by atoms with Crippen LogP contribution in [0.15, 0.2) is 60.7 Å². The van der Waals surface area contributed by atoms with E-state index in [1.54, 1.807) is 0 Å². The smallest absolute Gasteiger partial charge is 0.410 e. The van der Waals surface area contributed by atoms with E-state index in [2.05, 4.69) is 15.4 Å². The molecule has 180 valence electrons. The molecule has 9 nitrogen and oxygen atoms in total. The number of methoxy groups -OCH3 is 1. The van der Waals surface area contributed by atoms with Crippen molar-refractivity contribution in [3.8, 4) is 0 Å². The van der Waals surface area contributed by atoms with Crippen LogP contribution in [0.1, 0.15) is 24.0 Å². The highest BCUT2D eigenvalue weighted by Crippen LogP contribution is 2.19. The number of nitrogens with one attached hydrogen (secondary N) is 2. The molecule has 1 aliphatic heterocycles. The summed E-state index contributed by atoms with van der Waals surface area (Å²) < 4.78 is 9.95. The molecule has 2 atom stereocenters. The number of ether oxygens (including phenoxy) is 2. The number of nitrogens with zero attached hydrogens (tertiary/aromatic N) is 1. The number of rotatable bonds is 9. The molecular weight excluding hydrogens is 438 g/mol. The molecule has 0 spiro atoms. The van der Waals surface area contributed by atoms with E-state index < -0.39 is 36.0 Å². The fourth-order valence-corrected chi connectivity index (χ4v) is 3.74. The van der Waals surface area contributed by atoms with Gasteiger partial charge in [-0.1, -0.05) is 60.7 Å². The summed E-state index contributed by atoms with van der Waals surface area (Å²) in [5, 5.41) is 5.24. The highest BCUT2D eigenvalue weighted by Gasteiger charge is 2.36. The molecule has 3 amide bonds. The molecule has 1 aliphatic rings. The van der Waals surface area contributed by atoms with Gasteiger partial charge >= 0.3 is 12.1 Å². The van der Waals surface area contributed by atoms with E-state index in [0.717, 1.165) is 11.1 Å². The summed E-state index contributed by atoms with van der Waals surface area (Å²) in [4.78, 5) is 51.3. The lowest BCUT2D eigenvalue weighted by Crippen LogP contribution is -2.54. The van der Waals surface area contributed by atoms with Gasteiger partial charge < -0.3 is 20.1 Å². The Kier molecular flexibility index (Phi) is 9.02. The Bertz CT molecular complexity index is 983. The second-order valence-corrected chi connectivity index (χ2v) is 7.94. The largest absolute Gasteiger partial charge is 0.468 e. The van der Waals surface area contributed by atoms with Crippen LogP contribution in [0.25, 0.3) is 0 Å². The van der Waals surface area contributed by atoms with Gasteiger partial charge in [0, 0.05) is 13.0 Å². The summed E-state index contributed by atoms with van der Waals surface area (Å²) in [5.41, 5.74) is 1.69. The lowest BCUT2D eigenvalue weighted by Gasteiger charge is -2.26. The van der Waals surface area contributed by atoms with Crippen LogP contribution >= 0.6 is 0 Å². The van der Waals surface area contributed by atoms with Crippen molar-refractivity contribution in [2.24, 2.45) is 0 Å². The average Bonchev–Trinajstić information content (AvgIpc) is 3.37. The highest BCUT2D eigenvalue weighted by molar-refractivity contribution is 5.92. The van der Waals surface area contributed by atoms with Crippen molar-refractivity contribution in [1.82, 2.24) is 15.5 Å². The van der Waals surface area contributed by atoms with Gasteiger partial charge in [0.25, 0.3) is 0 Å². The monoisotopic (exact) mass is 467 g/mol. The molecule has 0 radical (unpaired) electrons. The molecule has 9 heteroatoms. The number of carbonyl (C=O) groups excluding carboxylic acids is 4. The summed E-state index contributed by atoms with van der Waals surface area (Å²) in [6.45, 7) is 0.193. The zero-order valence-corrected chi connectivity index (χ0v) is 19.1. The zero-order chi connectivity index (χ0) is 24.3. The Balaban J connectivity index is 1.64. The number of hydrogen-bond donors (Lipinski definition) is 2. The number of carbonyl (C=O) groups is 4. The fourth-order valence-electron chi connectivity index (χ4n) is 3.74. The van der Waals surface area contributed by atoms with Gasteiger partial charge in [-0.25, -0.2) is 4.79 Å². The van der Waals surface area contributed by atoms with Crippen LogP contribution in [0.3, 0.4) is 0 Å². The quantitative estimate of drug-likeness (QED) is 0.544. The van der Waals surface area contributed by atoms with Crippen LogP contribution in [0.2, 0.25) is 0 Å². The highest BCUT2D eigenvalue weighted by atomic mass is 16.6. The normalized spacial score (nSPS) is 15.8. The Labute approximate surface area is 198 Å². The standard InChI is InChI=1S/C25H29N3O6/c1-33-22(29)16-26-23(30)20(15-18-9-4-2-5-10-18)27-24(31)21-13-8-14-28(21)25(32)34-17-19-11-6-3-7-12-19/h2-7,9-12,20-21H,8,13-17H2,1H3,(H,26,30)(H,27,31)/t20-,21-/m0/s1. The maximum absolute atomic E-state index is 13.1. The van der Waals surface area contributed by atoms with Crippen molar-refractivity contribution in [3.63, 3.8) is 0 Å². The molecule has 0 aromatic heterocycles. The SMILES string of the molecule is COC(=O)CNC(=O)[C@H](Cc1ccccc1)NC(=O)[C@@H]1CCCN1C(=O)OCc1ccccc1. The Morgan fingerprint density at radius 2 is 1.65 bits per heavy atom. The number of benzene rings is 2. The van der Waals surface area contributed by atoms with Crippen molar-refractivity contribution in [2.45, 2.75) is 38.0 Å². The molecular formula is C25H29N3O6. The molecule has 3 rings (SSSR count). The number of likely N-dealkylation sites (tertiary alicyclic amines) is 1. The van der Waals surface area contributed by atoms with Crippen LogP contribution in [0.4, 0.5) is 4.79 Å². The van der Waals surface area contributed by atoms with Crippen LogP contribution in [-0.4, -0.2) is 61.1 Å². The Morgan fingerprint density at radius 3 is 2.29 bits per heavy atom. The van der Waals surface area contributed by atoms with Gasteiger partial charge in [0.05, 0.1) is 7.11 Å². The van der Waals surface area contributed by atoms with Crippen LogP contribution in [-0.2, 0) is 36.9 Å². The number of esters is 1. The number of hydrogen-bond acceptors (Lipinski definition) is 6. The van der Waals surface area contributed by atoms with Crippen molar-refractivity contribution in [2.75, 3.05) is 20.2 Å². The van der Waals surface area contributed by atoms with Crippen molar-refractivity contribution >= 4 is 23.9 Å². The van der Waals surface area contributed by atoms with Gasteiger partial charge in [-0.3, -0.25) is 19.3 Å². The first kappa shape index (κ1) is 24.8. The molecule has 2 aromatic rings. The Morgan fingerprint density at radius 1 is 1.00 bits per heavy atom. The molecule has 2 N–H and O–H groups in total. The molecule has 0 aliphatic carbocycles. The van der Waals surface area contributed by atoms with E-state index in [9.17, 15) is 19.2 Å². The van der Waals surface area contributed by atoms with Crippen LogP contribution in [0, 0.1) is 0 Å². The van der Waals surface area contributed by atoms with E-state index in [0.29, 0.717) is 19.4 Å². The van der Waals surface area contributed by atoms with Gasteiger partial charge in [0.2, 0.25) is 11.8 Å². The first-order valence-corrected chi connectivity index (χ1v) is 11.1. The van der Waals surface area contributed by atoms with E-state index in [-0.39, 0.29) is 19.6 Å². The lowest BCUT2D eigenvalue weighted by molar-refractivity contribution is -0.141. The third-order valence-electron chi connectivity index (χ3n) is 5.55. The van der Waals surface area contributed by atoms with Gasteiger partial charge in [0.15, 0.2) is 0 Å². The summed E-state index contributed by atoms with van der Waals surface area (Å²) in [5.74, 6) is -1.55. The molecule has 0 saturated carbocycles. The van der Waals surface area contributed by atoms with E-state index in [1.165, 1.54) is 12.0 Å².